The molecule has 0 saturated carbocycles. The number of carbonyl (C=O) groups excluding carboxylic acids is 4. The number of amides is 3. The number of aliphatic imine (C=N–C) groups is 1. The highest BCUT2D eigenvalue weighted by molar-refractivity contribution is 7.15. The molecular weight excluding hydrogens is 997 g/mol. The monoisotopic (exact) mass is 1070 g/mol. The molecule has 6 aromatic rings. The predicted molar refractivity (Wildman–Crippen MR) is 300 cm³/mol. The highest BCUT2D eigenvalue weighted by atomic mass is 32.1. The number of Topliss-reactive ketones (excluding diaryl/α,β-unsaturated/α-hetero) is 1. The lowest BCUT2D eigenvalue weighted by atomic mass is 9.85. The average Bonchev–Trinajstić information content (AvgIpc) is 4.19. The van der Waals surface area contributed by atoms with Gasteiger partial charge in [-0.15, -0.1) is 32.9 Å². The number of nitrogens with one attached hydrogen (secondary N) is 2. The minimum absolute atomic E-state index is 0.0403. The molecule has 4 atom stereocenters. The number of aryl methyl sites for hydroxylation is 5. The Kier molecular flexibility index (Phi) is 18.5. The first-order chi connectivity index (χ1) is 36.5. The summed E-state index contributed by atoms with van der Waals surface area (Å²) >= 11 is 3.31. The molecule has 8 rings (SSSR count). The predicted octanol–water partition coefficient (Wildman–Crippen LogP) is 10.3. The molecule has 3 aromatic heterocycles. The number of hydrogen-bond donors (Lipinski definition) is 2. The van der Waals surface area contributed by atoms with Crippen LogP contribution in [-0.4, -0.2) is 106 Å². The van der Waals surface area contributed by atoms with Gasteiger partial charge in [-0.3, -0.25) is 28.7 Å². The van der Waals surface area contributed by atoms with Crippen LogP contribution < -0.4 is 15.4 Å². The number of likely N-dealkylation sites (tertiary alicyclic amines) is 1. The highest BCUT2D eigenvalue weighted by Gasteiger charge is 2.43. The van der Waals surface area contributed by atoms with Crippen LogP contribution in [0.15, 0.2) is 83.3 Å². The smallest absolute Gasteiger partial charge is 0.246 e. The number of carbonyl (C=O) groups is 4. The van der Waals surface area contributed by atoms with Crippen molar-refractivity contribution in [3.05, 3.63) is 128 Å². The lowest BCUT2D eigenvalue weighted by molar-refractivity contribution is -0.144. The number of benzene rings is 3. The van der Waals surface area contributed by atoms with Gasteiger partial charge in [0.15, 0.2) is 11.6 Å². The Labute approximate surface area is 454 Å². The number of ether oxygens (including phenoxy) is 3. The molecule has 17 heteroatoms. The van der Waals surface area contributed by atoms with Gasteiger partial charge >= 0.3 is 0 Å². The molecule has 0 aliphatic carbocycles. The molecule has 2 aliphatic rings. The van der Waals surface area contributed by atoms with E-state index in [1.165, 1.54) is 10.4 Å². The van der Waals surface area contributed by atoms with Gasteiger partial charge in [-0.1, -0.05) is 83.1 Å². The van der Waals surface area contributed by atoms with Gasteiger partial charge in [0.05, 0.1) is 40.9 Å². The zero-order valence-corrected chi connectivity index (χ0v) is 47.0. The van der Waals surface area contributed by atoms with Crippen LogP contribution in [0.25, 0.3) is 15.4 Å². The van der Waals surface area contributed by atoms with E-state index in [1.807, 2.05) is 64.4 Å². The first kappa shape index (κ1) is 55.8. The second-order valence-electron chi connectivity index (χ2n) is 21.1. The standard InChI is InChI=1S/C59H72N8O7S2/c1-10-41-13-18-43(19-14-41)53-52-37(3)39(5)76-58(52)67-40(6)64-65-56(67)47(62-53)32-50(69)61-45-22-24-46(25-23-45)74-30-12-28-72-27-11-29-73-34-51(70)63-55(59(7,8)9)57(71)66-33-36(2)31-48(66)49(68)26-17-42-15-20-44(21-16-42)54-38(4)60-35-75-54/h13-16,18-25,35-36,47-48,55H,10-12,17,26-34H2,1-9H3,(H,61,69)(H,63,70)/t36?,47?,48-,55+/m0/s1. The number of ketones is 1. The van der Waals surface area contributed by atoms with Gasteiger partial charge in [-0.25, -0.2) is 4.98 Å². The molecular formula is C59H72N8O7S2. The van der Waals surface area contributed by atoms with Crippen LogP contribution in [0.1, 0.15) is 123 Å². The summed E-state index contributed by atoms with van der Waals surface area (Å²) in [5, 5.41) is 16.0. The summed E-state index contributed by atoms with van der Waals surface area (Å²) in [4.78, 5) is 68.3. The number of rotatable bonds is 23. The van der Waals surface area contributed by atoms with Crippen molar-refractivity contribution < 1.29 is 33.4 Å². The Morgan fingerprint density at radius 2 is 1.51 bits per heavy atom. The van der Waals surface area contributed by atoms with Gasteiger partial charge in [0, 0.05) is 60.9 Å². The van der Waals surface area contributed by atoms with Crippen molar-refractivity contribution in [3.63, 3.8) is 0 Å². The number of thiophene rings is 1. The van der Waals surface area contributed by atoms with E-state index < -0.39 is 23.5 Å². The van der Waals surface area contributed by atoms with Crippen LogP contribution in [0.3, 0.4) is 0 Å². The molecule has 2 N–H and O–H groups in total. The lowest BCUT2D eigenvalue weighted by Crippen LogP contribution is -2.57. The maximum Gasteiger partial charge on any atom is 0.246 e. The van der Waals surface area contributed by atoms with Gasteiger partial charge in [0.1, 0.15) is 35.3 Å². The van der Waals surface area contributed by atoms with Crippen molar-refractivity contribution >= 4 is 57.6 Å². The molecule has 3 amide bonds. The summed E-state index contributed by atoms with van der Waals surface area (Å²) in [6, 6.07) is 22.2. The van der Waals surface area contributed by atoms with Gasteiger partial charge < -0.3 is 29.7 Å². The fourth-order valence-electron chi connectivity index (χ4n) is 9.77. The Hall–Kier alpha value is -6.40. The maximum atomic E-state index is 14.1. The largest absolute Gasteiger partial charge is 0.494 e. The SMILES string of the molecule is CCc1ccc(C2=NC(CC(=O)Nc3ccc(OCCCOCCCOCC(=O)N[C@H](C(=O)N4CC(C)C[C@H]4C(=O)CCc4ccc(-c5scnc5C)cc4)C(C)(C)C)cc3)c3nnc(C)n3-c3sc(C)c(C)c32)cc1. The average molecular weight is 1070 g/mol. The summed E-state index contributed by atoms with van der Waals surface area (Å²) in [6.45, 7) is 20.1. The van der Waals surface area contributed by atoms with Gasteiger partial charge in [-0.2, -0.15) is 0 Å². The van der Waals surface area contributed by atoms with Crippen LogP contribution in [0.2, 0.25) is 0 Å². The summed E-state index contributed by atoms with van der Waals surface area (Å²) in [5.41, 5.74) is 10.4. The van der Waals surface area contributed by atoms with Crippen molar-refractivity contribution in [2.75, 3.05) is 44.9 Å². The summed E-state index contributed by atoms with van der Waals surface area (Å²) in [7, 11) is 0. The van der Waals surface area contributed by atoms with Crippen molar-refractivity contribution in [3.8, 4) is 21.2 Å². The van der Waals surface area contributed by atoms with E-state index in [4.69, 9.17) is 19.2 Å². The Morgan fingerprint density at radius 1 is 0.829 bits per heavy atom. The van der Waals surface area contributed by atoms with E-state index in [2.05, 4.69) is 107 Å². The minimum atomic E-state index is -0.822. The molecule has 5 heterocycles. The quantitative estimate of drug-likeness (QED) is 0.0587. The Morgan fingerprint density at radius 3 is 2.20 bits per heavy atom. The van der Waals surface area contributed by atoms with Crippen LogP contribution in [0, 0.1) is 39.0 Å². The topological polar surface area (TPSA) is 179 Å². The highest BCUT2D eigenvalue weighted by Crippen LogP contribution is 2.40. The van der Waals surface area contributed by atoms with Crippen molar-refractivity contribution in [2.45, 2.75) is 125 Å². The zero-order chi connectivity index (χ0) is 54.1. The van der Waals surface area contributed by atoms with Crippen molar-refractivity contribution in [1.82, 2.24) is 30.0 Å². The normalized spacial score (nSPS) is 16.6. The zero-order valence-electron chi connectivity index (χ0n) is 45.4. The van der Waals surface area contributed by atoms with E-state index in [9.17, 15) is 19.2 Å². The summed E-state index contributed by atoms with van der Waals surface area (Å²) in [6.07, 6.45) is 3.80. The van der Waals surface area contributed by atoms with Gasteiger partial charge in [-0.05, 0) is 111 Å². The second kappa shape index (κ2) is 25.2. The number of fused-ring (bicyclic) bond motifs is 3. The Bertz CT molecular complexity index is 3010. The first-order valence-electron chi connectivity index (χ1n) is 26.5. The van der Waals surface area contributed by atoms with Crippen LogP contribution in [0.5, 0.6) is 5.75 Å². The molecule has 0 bridgehead atoms. The molecule has 2 aliphatic heterocycles. The summed E-state index contributed by atoms with van der Waals surface area (Å²) < 4.78 is 19.5. The van der Waals surface area contributed by atoms with Crippen molar-refractivity contribution in [2.24, 2.45) is 16.3 Å². The second-order valence-corrected chi connectivity index (χ2v) is 23.1. The first-order valence-corrected chi connectivity index (χ1v) is 28.2. The molecule has 2 unspecified atom stereocenters. The van der Waals surface area contributed by atoms with Crippen LogP contribution in [0.4, 0.5) is 5.69 Å². The Balaban J connectivity index is 0.726. The van der Waals surface area contributed by atoms with E-state index in [-0.39, 0.29) is 42.5 Å². The number of aromatic nitrogens is 4. The van der Waals surface area contributed by atoms with Crippen molar-refractivity contribution in [1.29, 1.82) is 0 Å². The van der Waals surface area contributed by atoms with Gasteiger partial charge in [0.2, 0.25) is 17.7 Å². The molecule has 0 radical (unpaired) electrons. The summed E-state index contributed by atoms with van der Waals surface area (Å²) in [5.74, 6) is 1.46. The molecule has 3 aromatic carbocycles. The van der Waals surface area contributed by atoms with E-state index >= 15 is 0 Å². The third kappa shape index (κ3) is 13.6. The molecule has 1 fully saturated rings. The lowest BCUT2D eigenvalue weighted by Gasteiger charge is -2.35. The van der Waals surface area contributed by atoms with Crippen LogP contribution in [-0.2, 0) is 41.5 Å². The number of nitrogens with zero attached hydrogens (tertiary/aromatic N) is 6. The minimum Gasteiger partial charge on any atom is -0.494 e. The fraction of sp³-hybridized carbons (Fsp3) is 0.458. The number of anilines is 1. The van der Waals surface area contributed by atoms with E-state index in [0.717, 1.165) is 61.3 Å². The fourth-order valence-corrected chi connectivity index (χ4v) is 11.8. The van der Waals surface area contributed by atoms with Crippen LogP contribution >= 0.6 is 22.7 Å². The molecule has 1 saturated heterocycles. The molecule has 76 heavy (non-hydrogen) atoms. The van der Waals surface area contributed by atoms with E-state index in [1.54, 1.807) is 27.6 Å². The molecule has 0 spiro atoms. The molecule has 402 valence electrons. The molecule has 15 nitrogen and oxygen atoms in total. The third-order valence-corrected chi connectivity index (χ3v) is 16.3. The number of thiazole rings is 1. The van der Waals surface area contributed by atoms with Gasteiger partial charge in [0.25, 0.3) is 0 Å². The number of hydrogen-bond acceptors (Lipinski definition) is 13. The third-order valence-electron chi connectivity index (χ3n) is 14.1. The maximum absolute atomic E-state index is 14.1. The van der Waals surface area contributed by atoms with E-state index in [0.29, 0.717) is 82.3 Å².